The normalized spacial score (nSPS) is 11.6. The zero-order valence-electron chi connectivity index (χ0n) is 9.30. The monoisotopic (exact) mass is 238 g/mol. The number of para-hydroxylation sites is 1. The molecule has 0 unspecified atom stereocenters. The Bertz CT molecular complexity index is 420. The Balaban J connectivity index is 2.46. The van der Waals surface area contributed by atoms with Gasteiger partial charge in [-0.05, 0) is 18.6 Å². The van der Waals surface area contributed by atoms with Crippen LogP contribution >= 0.6 is 0 Å². The number of carboxylic acid groups (broad SMARTS) is 1. The fourth-order valence-electron chi connectivity index (χ4n) is 1.16. The number of aliphatic hydroxyl groups is 1. The minimum atomic E-state index is -1.60. The number of aryl methyl sites for hydroxylation is 1. The van der Waals surface area contributed by atoms with Crippen LogP contribution in [0.1, 0.15) is 5.56 Å². The van der Waals surface area contributed by atoms with E-state index in [0.717, 1.165) is 5.56 Å². The number of carboxylic acids is 1. The van der Waals surface area contributed by atoms with Crippen LogP contribution in [0.2, 0.25) is 0 Å². The lowest BCUT2D eigenvalue weighted by Gasteiger charge is -2.10. The largest absolute Gasteiger partial charge is 0.479 e. The first-order valence-corrected chi connectivity index (χ1v) is 5.02. The third-order valence-electron chi connectivity index (χ3n) is 2.13. The summed E-state index contributed by atoms with van der Waals surface area (Å²) in [6.45, 7) is 1.49. The summed E-state index contributed by atoms with van der Waals surface area (Å²) in [6, 6.07) is 6.62. The minimum absolute atomic E-state index is 0.340. The summed E-state index contributed by atoms with van der Waals surface area (Å²) in [4.78, 5) is 21.7. The molecular formula is C11H14N2O4. The van der Waals surface area contributed by atoms with Gasteiger partial charge in [0, 0.05) is 5.69 Å². The number of amides is 2. The van der Waals surface area contributed by atoms with Gasteiger partial charge in [-0.25, -0.2) is 9.59 Å². The molecule has 1 aromatic rings. The molecule has 0 saturated heterocycles. The fourth-order valence-corrected chi connectivity index (χ4v) is 1.16. The number of hydrogen-bond donors (Lipinski definition) is 4. The Morgan fingerprint density at radius 2 is 2.00 bits per heavy atom. The number of aliphatic hydroxyl groups excluding tert-OH is 1. The number of urea groups is 1. The van der Waals surface area contributed by atoms with Gasteiger partial charge in [-0.3, -0.25) is 0 Å². The Morgan fingerprint density at radius 3 is 2.59 bits per heavy atom. The van der Waals surface area contributed by atoms with Crippen molar-refractivity contribution in [2.75, 3.05) is 11.9 Å². The van der Waals surface area contributed by atoms with Gasteiger partial charge in [0.2, 0.25) is 0 Å². The molecule has 0 aliphatic heterocycles. The predicted molar refractivity (Wildman–Crippen MR) is 61.8 cm³/mol. The van der Waals surface area contributed by atoms with Crippen LogP contribution in [0.5, 0.6) is 0 Å². The van der Waals surface area contributed by atoms with Crippen molar-refractivity contribution >= 4 is 17.7 Å². The van der Waals surface area contributed by atoms with Crippen molar-refractivity contribution in [1.29, 1.82) is 0 Å². The molecule has 0 saturated carbocycles. The van der Waals surface area contributed by atoms with Crippen molar-refractivity contribution in [3.8, 4) is 0 Å². The summed E-state index contributed by atoms with van der Waals surface area (Å²) in [5, 5.41) is 22.2. The molecule has 6 heteroatoms. The number of carbonyl (C=O) groups is 2. The maximum atomic E-state index is 11.4. The van der Waals surface area contributed by atoms with E-state index < -0.39 is 18.1 Å². The molecule has 0 bridgehead atoms. The quantitative estimate of drug-likeness (QED) is 0.616. The second-order valence-corrected chi connectivity index (χ2v) is 3.50. The van der Waals surface area contributed by atoms with E-state index in [-0.39, 0.29) is 6.54 Å². The van der Waals surface area contributed by atoms with E-state index in [1.807, 2.05) is 19.1 Å². The van der Waals surface area contributed by atoms with Crippen molar-refractivity contribution < 1.29 is 19.8 Å². The summed E-state index contributed by atoms with van der Waals surface area (Å²) >= 11 is 0. The van der Waals surface area contributed by atoms with Gasteiger partial charge in [0.25, 0.3) is 0 Å². The molecule has 0 aliphatic rings. The molecule has 0 aliphatic carbocycles. The third-order valence-corrected chi connectivity index (χ3v) is 2.13. The van der Waals surface area contributed by atoms with E-state index >= 15 is 0 Å². The molecular weight excluding hydrogens is 224 g/mol. The average Bonchev–Trinajstić information content (AvgIpc) is 2.29. The molecule has 17 heavy (non-hydrogen) atoms. The molecule has 0 fully saturated rings. The Kier molecular flexibility index (Phi) is 4.47. The Labute approximate surface area is 98.3 Å². The number of anilines is 1. The standard InChI is InChI=1S/C11H14N2O4/c1-7-4-2-3-5-8(7)13-11(17)12-6-9(14)10(15)16/h2-5,9,14H,6H2,1H3,(H,15,16)(H2,12,13,17)/t9-/m0/s1. The number of benzene rings is 1. The number of rotatable bonds is 4. The highest BCUT2D eigenvalue weighted by Crippen LogP contribution is 2.12. The van der Waals surface area contributed by atoms with Crippen LogP contribution in [-0.4, -0.2) is 34.9 Å². The summed E-state index contributed by atoms with van der Waals surface area (Å²) in [6.07, 6.45) is -1.60. The number of hydrogen-bond acceptors (Lipinski definition) is 3. The lowest BCUT2D eigenvalue weighted by atomic mass is 10.2. The van der Waals surface area contributed by atoms with E-state index in [9.17, 15) is 9.59 Å². The fraction of sp³-hybridized carbons (Fsp3) is 0.273. The SMILES string of the molecule is Cc1ccccc1NC(=O)NC[C@H](O)C(=O)O. The second kappa shape index (κ2) is 5.86. The maximum absolute atomic E-state index is 11.4. The molecule has 92 valence electrons. The van der Waals surface area contributed by atoms with E-state index in [4.69, 9.17) is 10.2 Å². The molecule has 1 rings (SSSR count). The van der Waals surface area contributed by atoms with Crippen LogP contribution in [0, 0.1) is 6.92 Å². The van der Waals surface area contributed by atoms with Gasteiger partial charge in [0.15, 0.2) is 6.10 Å². The van der Waals surface area contributed by atoms with E-state index in [2.05, 4.69) is 10.6 Å². The summed E-state index contributed by atoms with van der Waals surface area (Å²) in [5.74, 6) is -1.37. The van der Waals surface area contributed by atoms with E-state index in [1.54, 1.807) is 12.1 Å². The van der Waals surface area contributed by atoms with Crippen molar-refractivity contribution in [2.24, 2.45) is 0 Å². The topological polar surface area (TPSA) is 98.7 Å². The first-order valence-electron chi connectivity index (χ1n) is 5.02. The Hall–Kier alpha value is -2.08. The molecule has 0 spiro atoms. The van der Waals surface area contributed by atoms with Gasteiger partial charge in [-0.1, -0.05) is 18.2 Å². The van der Waals surface area contributed by atoms with Crippen LogP contribution in [0.3, 0.4) is 0 Å². The molecule has 0 aromatic heterocycles. The molecule has 0 radical (unpaired) electrons. The summed E-state index contributed by atoms with van der Waals surface area (Å²) in [5.41, 5.74) is 1.52. The molecule has 1 aromatic carbocycles. The molecule has 2 amide bonds. The lowest BCUT2D eigenvalue weighted by molar-refractivity contribution is -0.146. The molecule has 6 nitrogen and oxygen atoms in total. The average molecular weight is 238 g/mol. The molecule has 0 heterocycles. The summed E-state index contributed by atoms with van der Waals surface area (Å²) < 4.78 is 0. The van der Waals surface area contributed by atoms with Crippen LogP contribution in [-0.2, 0) is 4.79 Å². The first-order chi connectivity index (χ1) is 8.00. The molecule has 1 atom stereocenters. The number of nitrogens with one attached hydrogen (secondary N) is 2. The highest BCUT2D eigenvalue weighted by Gasteiger charge is 2.14. The van der Waals surface area contributed by atoms with Crippen LogP contribution in [0.25, 0.3) is 0 Å². The zero-order valence-corrected chi connectivity index (χ0v) is 9.30. The van der Waals surface area contributed by atoms with E-state index in [1.165, 1.54) is 0 Å². The van der Waals surface area contributed by atoms with Crippen molar-refractivity contribution in [3.63, 3.8) is 0 Å². The highest BCUT2D eigenvalue weighted by molar-refractivity contribution is 5.90. The van der Waals surface area contributed by atoms with Gasteiger partial charge in [0.05, 0.1) is 6.54 Å². The summed E-state index contributed by atoms with van der Waals surface area (Å²) in [7, 11) is 0. The third kappa shape index (κ3) is 4.12. The van der Waals surface area contributed by atoms with Crippen LogP contribution < -0.4 is 10.6 Å². The van der Waals surface area contributed by atoms with Crippen molar-refractivity contribution in [1.82, 2.24) is 5.32 Å². The van der Waals surface area contributed by atoms with Crippen LogP contribution in [0.15, 0.2) is 24.3 Å². The smallest absolute Gasteiger partial charge is 0.334 e. The highest BCUT2D eigenvalue weighted by atomic mass is 16.4. The Morgan fingerprint density at radius 1 is 1.35 bits per heavy atom. The van der Waals surface area contributed by atoms with Crippen molar-refractivity contribution in [3.05, 3.63) is 29.8 Å². The minimum Gasteiger partial charge on any atom is -0.479 e. The van der Waals surface area contributed by atoms with Gasteiger partial charge < -0.3 is 20.8 Å². The predicted octanol–water partition coefficient (Wildman–Crippen LogP) is 0.562. The maximum Gasteiger partial charge on any atom is 0.334 e. The molecule has 4 N–H and O–H groups in total. The lowest BCUT2D eigenvalue weighted by Crippen LogP contribution is -2.38. The van der Waals surface area contributed by atoms with E-state index in [0.29, 0.717) is 5.69 Å². The second-order valence-electron chi connectivity index (χ2n) is 3.50. The van der Waals surface area contributed by atoms with Gasteiger partial charge >= 0.3 is 12.0 Å². The number of aliphatic carboxylic acids is 1. The van der Waals surface area contributed by atoms with Gasteiger partial charge in [-0.15, -0.1) is 0 Å². The van der Waals surface area contributed by atoms with Crippen LogP contribution in [0.4, 0.5) is 10.5 Å². The first kappa shape index (κ1) is 13.0. The van der Waals surface area contributed by atoms with Gasteiger partial charge in [0.1, 0.15) is 0 Å². The number of carbonyl (C=O) groups excluding carboxylic acids is 1. The zero-order chi connectivity index (χ0) is 12.8. The van der Waals surface area contributed by atoms with Gasteiger partial charge in [-0.2, -0.15) is 0 Å². The van der Waals surface area contributed by atoms with Crippen molar-refractivity contribution in [2.45, 2.75) is 13.0 Å².